The second-order valence-electron chi connectivity index (χ2n) is 8.77. The third-order valence-electron chi connectivity index (χ3n) is 7.01. The normalized spacial score (nSPS) is 26.3. The van der Waals surface area contributed by atoms with Gasteiger partial charge in [-0.05, 0) is 48.6 Å². The lowest BCUT2D eigenvalue weighted by atomic mass is 9.72. The lowest BCUT2D eigenvalue weighted by molar-refractivity contribution is -0.135. The molecule has 162 valence electrons. The number of aliphatic hydroxyl groups is 1. The van der Waals surface area contributed by atoms with Crippen LogP contribution in [0.4, 0.5) is 10.1 Å². The summed E-state index contributed by atoms with van der Waals surface area (Å²) in [5.41, 5.74) is 1.54. The van der Waals surface area contributed by atoms with Crippen LogP contribution in [0.5, 0.6) is 0 Å². The minimum atomic E-state index is -0.887. The standard InChI is InChI=1S/C24H26FN3O3/c25-17-7-5-16(6-8-17)22-24(19-3-1-2-4-20(19)26-23(24)31)11-14-28(22)21(30)15-27-12-9-18(29)10-13-27/h1-8,18,22,29H,9-15H2,(H,26,31)/t22-,24+/m0/s1. The molecule has 0 unspecified atom stereocenters. The van der Waals surface area contributed by atoms with E-state index in [0.717, 1.165) is 16.8 Å². The van der Waals surface area contributed by atoms with Crippen molar-refractivity contribution in [1.29, 1.82) is 0 Å². The van der Waals surface area contributed by atoms with E-state index in [1.54, 1.807) is 17.0 Å². The third kappa shape index (κ3) is 3.32. The van der Waals surface area contributed by atoms with Gasteiger partial charge in [0.05, 0.1) is 18.7 Å². The quantitative estimate of drug-likeness (QED) is 0.796. The number of halogens is 1. The minimum absolute atomic E-state index is 0.0419. The second-order valence-corrected chi connectivity index (χ2v) is 8.77. The zero-order valence-corrected chi connectivity index (χ0v) is 17.3. The Kier molecular flexibility index (Phi) is 5.02. The smallest absolute Gasteiger partial charge is 0.237 e. The highest BCUT2D eigenvalue weighted by atomic mass is 19.1. The number of nitrogens with one attached hydrogen (secondary N) is 1. The fraction of sp³-hybridized carbons (Fsp3) is 0.417. The van der Waals surface area contributed by atoms with Crippen LogP contribution < -0.4 is 5.32 Å². The van der Waals surface area contributed by atoms with Gasteiger partial charge in [0.25, 0.3) is 0 Å². The molecule has 2 aromatic rings. The van der Waals surface area contributed by atoms with E-state index in [9.17, 15) is 19.1 Å². The third-order valence-corrected chi connectivity index (χ3v) is 7.01. The molecular weight excluding hydrogens is 397 g/mol. The van der Waals surface area contributed by atoms with E-state index in [4.69, 9.17) is 0 Å². The largest absolute Gasteiger partial charge is 0.393 e. The number of hydrogen-bond donors (Lipinski definition) is 2. The molecular formula is C24H26FN3O3. The average Bonchev–Trinajstić information content (AvgIpc) is 3.30. The summed E-state index contributed by atoms with van der Waals surface area (Å²) < 4.78 is 13.7. The predicted octanol–water partition coefficient (Wildman–Crippen LogP) is 2.45. The van der Waals surface area contributed by atoms with E-state index < -0.39 is 11.5 Å². The molecule has 0 bridgehead atoms. The number of aliphatic hydroxyl groups excluding tert-OH is 1. The molecule has 2 aromatic carbocycles. The van der Waals surface area contributed by atoms with Gasteiger partial charge >= 0.3 is 0 Å². The highest BCUT2D eigenvalue weighted by Crippen LogP contribution is 2.54. The number of fused-ring (bicyclic) bond motifs is 2. The Hall–Kier alpha value is -2.77. The summed E-state index contributed by atoms with van der Waals surface area (Å²) in [6.07, 6.45) is 1.54. The molecule has 2 N–H and O–H groups in total. The zero-order chi connectivity index (χ0) is 21.6. The number of carbonyl (C=O) groups excluding carboxylic acids is 2. The first-order valence-electron chi connectivity index (χ1n) is 10.9. The maximum Gasteiger partial charge on any atom is 0.237 e. The fourth-order valence-corrected chi connectivity index (χ4v) is 5.42. The Morgan fingerprint density at radius 2 is 1.81 bits per heavy atom. The molecule has 0 radical (unpaired) electrons. The van der Waals surface area contributed by atoms with Gasteiger partial charge in [0, 0.05) is 25.3 Å². The minimum Gasteiger partial charge on any atom is -0.393 e. The van der Waals surface area contributed by atoms with Crippen molar-refractivity contribution in [1.82, 2.24) is 9.80 Å². The molecule has 2 fully saturated rings. The van der Waals surface area contributed by atoms with Gasteiger partial charge in [-0.15, -0.1) is 0 Å². The summed E-state index contributed by atoms with van der Waals surface area (Å²) in [7, 11) is 0. The van der Waals surface area contributed by atoms with Crippen molar-refractivity contribution in [2.75, 3.05) is 31.5 Å². The van der Waals surface area contributed by atoms with Crippen LogP contribution in [-0.2, 0) is 15.0 Å². The Labute approximate surface area is 180 Å². The SMILES string of the molecule is O=C(CN1CCC(O)CC1)N1CC[C@]2(C(=O)Nc3ccccc32)[C@@H]1c1ccc(F)cc1. The average molecular weight is 423 g/mol. The number of anilines is 1. The van der Waals surface area contributed by atoms with Crippen molar-refractivity contribution in [2.24, 2.45) is 0 Å². The highest BCUT2D eigenvalue weighted by Gasteiger charge is 2.59. The topological polar surface area (TPSA) is 72.9 Å². The summed E-state index contributed by atoms with van der Waals surface area (Å²) in [6, 6.07) is 13.2. The fourth-order valence-electron chi connectivity index (χ4n) is 5.42. The van der Waals surface area contributed by atoms with E-state index in [1.807, 2.05) is 24.3 Å². The van der Waals surface area contributed by atoms with E-state index in [1.165, 1.54) is 12.1 Å². The first kappa shape index (κ1) is 20.2. The van der Waals surface area contributed by atoms with Crippen molar-refractivity contribution >= 4 is 17.5 Å². The van der Waals surface area contributed by atoms with Crippen LogP contribution in [0.1, 0.15) is 36.4 Å². The molecule has 31 heavy (non-hydrogen) atoms. The van der Waals surface area contributed by atoms with Crippen LogP contribution in [0, 0.1) is 5.82 Å². The Morgan fingerprint density at radius 3 is 2.55 bits per heavy atom. The first-order chi connectivity index (χ1) is 15.0. The number of nitrogens with zero attached hydrogens (tertiary/aromatic N) is 2. The number of carbonyl (C=O) groups is 2. The summed E-state index contributed by atoms with van der Waals surface area (Å²) in [5, 5.41) is 12.7. The molecule has 0 aliphatic carbocycles. The van der Waals surface area contributed by atoms with Gasteiger partial charge in [0.2, 0.25) is 11.8 Å². The van der Waals surface area contributed by atoms with Crippen LogP contribution in [0.2, 0.25) is 0 Å². The maximum absolute atomic E-state index is 13.7. The van der Waals surface area contributed by atoms with Crippen molar-refractivity contribution in [3.05, 3.63) is 65.5 Å². The van der Waals surface area contributed by atoms with Crippen molar-refractivity contribution in [3.63, 3.8) is 0 Å². The maximum atomic E-state index is 13.7. The Bertz CT molecular complexity index is 1000. The number of likely N-dealkylation sites (tertiary alicyclic amines) is 2. The number of piperidine rings is 1. The Morgan fingerprint density at radius 1 is 1.10 bits per heavy atom. The van der Waals surface area contributed by atoms with Crippen LogP contribution in [-0.4, -0.2) is 59.0 Å². The molecule has 6 nitrogen and oxygen atoms in total. The predicted molar refractivity (Wildman–Crippen MR) is 114 cm³/mol. The van der Waals surface area contributed by atoms with Crippen LogP contribution in [0.3, 0.4) is 0 Å². The van der Waals surface area contributed by atoms with Gasteiger partial charge < -0.3 is 15.3 Å². The van der Waals surface area contributed by atoms with Crippen LogP contribution in [0.15, 0.2) is 48.5 Å². The molecule has 3 heterocycles. The highest BCUT2D eigenvalue weighted by molar-refractivity contribution is 6.07. The number of rotatable bonds is 3. The number of para-hydroxylation sites is 1. The van der Waals surface area contributed by atoms with Gasteiger partial charge in [0.15, 0.2) is 0 Å². The van der Waals surface area contributed by atoms with Crippen molar-refractivity contribution < 1.29 is 19.1 Å². The van der Waals surface area contributed by atoms with Crippen LogP contribution in [0.25, 0.3) is 0 Å². The molecule has 2 atom stereocenters. The van der Waals surface area contributed by atoms with Crippen molar-refractivity contribution in [3.8, 4) is 0 Å². The molecule has 0 aromatic heterocycles. The molecule has 0 saturated carbocycles. The van der Waals surface area contributed by atoms with Crippen LogP contribution >= 0.6 is 0 Å². The van der Waals surface area contributed by atoms with E-state index in [2.05, 4.69) is 10.2 Å². The summed E-state index contributed by atoms with van der Waals surface area (Å²) in [5.74, 6) is -0.504. The van der Waals surface area contributed by atoms with E-state index in [-0.39, 0.29) is 30.3 Å². The summed E-state index contributed by atoms with van der Waals surface area (Å²) in [6.45, 7) is 2.07. The van der Waals surface area contributed by atoms with Gasteiger partial charge in [-0.25, -0.2) is 4.39 Å². The molecule has 1 spiro atoms. The van der Waals surface area contributed by atoms with E-state index >= 15 is 0 Å². The monoisotopic (exact) mass is 423 g/mol. The van der Waals surface area contributed by atoms with Gasteiger partial charge in [-0.1, -0.05) is 30.3 Å². The zero-order valence-electron chi connectivity index (χ0n) is 17.3. The lowest BCUT2D eigenvalue weighted by Crippen LogP contribution is -2.47. The summed E-state index contributed by atoms with van der Waals surface area (Å²) >= 11 is 0. The molecule has 3 aliphatic heterocycles. The van der Waals surface area contributed by atoms with Gasteiger partial charge in [0.1, 0.15) is 11.2 Å². The molecule has 2 amide bonds. The molecule has 7 heteroatoms. The number of amides is 2. The van der Waals surface area contributed by atoms with Gasteiger partial charge in [-0.2, -0.15) is 0 Å². The van der Waals surface area contributed by atoms with Gasteiger partial charge in [-0.3, -0.25) is 14.5 Å². The van der Waals surface area contributed by atoms with Crippen molar-refractivity contribution in [2.45, 2.75) is 36.8 Å². The molecule has 2 saturated heterocycles. The lowest BCUT2D eigenvalue weighted by Gasteiger charge is -2.36. The Balaban J connectivity index is 1.51. The van der Waals surface area contributed by atoms with E-state index in [0.29, 0.717) is 38.9 Å². The number of benzene rings is 2. The molecule has 3 aliphatic rings. The second kappa shape index (κ2) is 7.73. The molecule has 5 rings (SSSR count). The summed E-state index contributed by atoms with van der Waals surface area (Å²) in [4.78, 5) is 30.6. The number of hydrogen-bond acceptors (Lipinski definition) is 4. The first-order valence-corrected chi connectivity index (χ1v) is 10.9.